The number of rotatable bonds is 5. The lowest BCUT2D eigenvalue weighted by Crippen LogP contribution is -2.45. The van der Waals surface area contributed by atoms with Crippen molar-refractivity contribution in [1.29, 1.82) is 0 Å². The molecule has 0 unspecified atom stereocenters. The summed E-state index contributed by atoms with van der Waals surface area (Å²) in [6.45, 7) is 5.96. The molecule has 0 atom stereocenters. The number of piperazine rings is 1. The molecule has 136 valence electrons. The normalized spacial score (nSPS) is 16.2. The van der Waals surface area contributed by atoms with Crippen LogP contribution in [0.2, 0.25) is 0 Å². The van der Waals surface area contributed by atoms with Gasteiger partial charge in [0.2, 0.25) is 0 Å². The molecule has 1 aliphatic heterocycles. The van der Waals surface area contributed by atoms with Gasteiger partial charge < -0.3 is 9.84 Å². The molecule has 4 rings (SSSR count). The lowest BCUT2D eigenvalue weighted by Gasteiger charge is -2.34. The van der Waals surface area contributed by atoms with Gasteiger partial charge in [-0.2, -0.15) is 11.3 Å². The lowest BCUT2D eigenvalue weighted by molar-refractivity contribution is 0.122. The maximum atomic E-state index is 10.4. The first-order valence-corrected chi connectivity index (χ1v) is 9.91. The number of phenols is 1. The zero-order valence-corrected chi connectivity index (χ0v) is 15.8. The van der Waals surface area contributed by atoms with Gasteiger partial charge in [0, 0.05) is 44.8 Å². The molecule has 1 saturated heterocycles. The zero-order chi connectivity index (χ0) is 17.9. The third-order valence-electron chi connectivity index (χ3n) is 5.15. The van der Waals surface area contributed by atoms with Crippen molar-refractivity contribution in [3.8, 4) is 11.5 Å². The second-order valence-corrected chi connectivity index (χ2v) is 7.61. The number of aromatic hydroxyl groups is 1. The van der Waals surface area contributed by atoms with Crippen molar-refractivity contribution in [3.05, 3.63) is 58.3 Å². The first-order chi connectivity index (χ1) is 12.7. The molecule has 0 bridgehead atoms. The van der Waals surface area contributed by atoms with Gasteiger partial charge in [0.25, 0.3) is 0 Å². The Morgan fingerprint density at radius 3 is 2.42 bits per heavy atom. The van der Waals surface area contributed by atoms with Crippen molar-refractivity contribution in [2.24, 2.45) is 0 Å². The van der Waals surface area contributed by atoms with Crippen LogP contribution in [0.3, 0.4) is 0 Å². The maximum absolute atomic E-state index is 10.4. The van der Waals surface area contributed by atoms with E-state index in [0.29, 0.717) is 5.75 Å². The Morgan fingerprint density at radius 2 is 1.73 bits per heavy atom. The fourth-order valence-corrected chi connectivity index (χ4v) is 4.27. The Bertz CT molecular complexity index is 871. The van der Waals surface area contributed by atoms with E-state index in [-0.39, 0.29) is 0 Å². The molecule has 1 aliphatic rings. The van der Waals surface area contributed by atoms with Gasteiger partial charge in [0.1, 0.15) is 11.5 Å². The number of nitrogens with zero attached hydrogens (tertiary/aromatic N) is 2. The molecule has 1 aromatic heterocycles. The van der Waals surface area contributed by atoms with Crippen LogP contribution < -0.4 is 4.74 Å². The highest BCUT2D eigenvalue weighted by molar-refractivity contribution is 7.07. The van der Waals surface area contributed by atoms with E-state index >= 15 is 0 Å². The number of thiophene rings is 1. The summed E-state index contributed by atoms with van der Waals surface area (Å²) in [6, 6.07) is 12.0. The summed E-state index contributed by atoms with van der Waals surface area (Å²) < 4.78 is 5.37. The number of fused-ring (bicyclic) bond motifs is 1. The summed E-state index contributed by atoms with van der Waals surface area (Å²) in [7, 11) is 1.68. The molecule has 5 heteroatoms. The Hall–Kier alpha value is -2.08. The fraction of sp³-hybridized carbons (Fsp3) is 0.333. The molecule has 1 fully saturated rings. The van der Waals surface area contributed by atoms with Crippen LogP contribution in [-0.4, -0.2) is 48.2 Å². The van der Waals surface area contributed by atoms with Crippen LogP contribution >= 0.6 is 11.3 Å². The highest BCUT2D eigenvalue weighted by Gasteiger charge is 2.19. The molecule has 0 radical (unpaired) electrons. The number of hydrogen-bond donors (Lipinski definition) is 1. The van der Waals surface area contributed by atoms with Gasteiger partial charge >= 0.3 is 0 Å². The van der Waals surface area contributed by atoms with Crippen LogP contribution in [0.4, 0.5) is 0 Å². The van der Waals surface area contributed by atoms with Gasteiger partial charge in [-0.05, 0) is 51.4 Å². The minimum Gasteiger partial charge on any atom is -0.508 e. The average Bonchev–Trinajstić information content (AvgIpc) is 3.18. The number of ether oxygens (including phenoxy) is 1. The Labute approximate surface area is 158 Å². The molecule has 26 heavy (non-hydrogen) atoms. The molecule has 2 heterocycles. The van der Waals surface area contributed by atoms with E-state index in [1.54, 1.807) is 24.5 Å². The van der Waals surface area contributed by atoms with Gasteiger partial charge in [0.05, 0.1) is 7.11 Å². The topological polar surface area (TPSA) is 35.9 Å². The van der Waals surface area contributed by atoms with Gasteiger partial charge in [0.15, 0.2) is 0 Å². The highest BCUT2D eigenvalue weighted by atomic mass is 32.1. The van der Waals surface area contributed by atoms with Crippen molar-refractivity contribution in [1.82, 2.24) is 9.80 Å². The predicted octanol–water partition coefficient (Wildman–Crippen LogP) is 3.93. The average molecular weight is 369 g/mol. The second-order valence-electron chi connectivity index (χ2n) is 6.83. The molecule has 1 N–H and O–H groups in total. The molecule has 0 saturated carbocycles. The van der Waals surface area contributed by atoms with E-state index in [9.17, 15) is 5.11 Å². The third-order valence-corrected chi connectivity index (χ3v) is 5.88. The second kappa shape index (κ2) is 7.66. The van der Waals surface area contributed by atoms with Crippen molar-refractivity contribution < 1.29 is 9.84 Å². The molecular weight excluding hydrogens is 344 g/mol. The molecule has 3 aromatic rings. The monoisotopic (exact) mass is 368 g/mol. The Morgan fingerprint density at radius 1 is 1.00 bits per heavy atom. The number of benzene rings is 2. The molecular formula is C21H24N2O2S. The zero-order valence-electron chi connectivity index (χ0n) is 15.0. The summed E-state index contributed by atoms with van der Waals surface area (Å²) in [5.74, 6) is 1.19. The van der Waals surface area contributed by atoms with Crippen molar-refractivity contribution >= 4 is 22.1 Å². The number of hydrogen-bond acceptors (Lipinski definition) is 5. The van der Waals surface area contributed by atoms with Crippen LogP contribution in [0.25, 0.3) is 10.8 Å². The molecule has 0 amide bonds. The van der Waals surface area contributed by atoms with E-state index < -0.39 is 0 Å². The van der Waals surface area contributed by atoms with Gasteiger partial charge in [-0.25, -0.2) is 0 Å². The van der Waals surface area contributed by atoms with Crippen molar-refractivity contribution in [2.75, 3.05) is 33.3 Å². The fourth-order valence-electron chi connectivity index (χ4n) is 3.61. The van der Waals surface area contributed by atoms with Crippen LogP contribution in [0.15, 0.2) is 47.2 Å². The summed E-state index contributed by atoms with van der Waals surface area (Å²) in [6.07, 6.45) is 0. The first-order valence-electron chi connectivity index (χ1n) is 8.97. The van der Waals surface area contributed by atoms with E-state index in [4.69, 9.17) is 4.74 Å². The standard InChI is InChI=1S/C21H24N2O2S/c1-25-18-4-2-17-3-5-21(24)20(19(17)12-18)14-23-9-7-22(8-10-23)13-16-6-11-26-15-16/h2-6,11-12,15,24H,7-10,13-14H2,1H3. The van der Waals surface area contributed by atoms with Crippen molar-refractivity contribution in [2.45, 2.75) is 13.1 Å². The maximum Gasteiger partial charge on any atom is 0.120 e. The number of methoxy groups -OCH3 is 1. The van der Waals surface area contributed by atoms with E-state index in [1.807, 2.05) is 18.2 Å². The molecule has 0 aliphatic carbocycles. The minimum atomic E-state index is 0.367. The largest absolute Gasteiger partial charge is 0.508 e. The SMILES string of the molecule is COc1ccc2ccc(O)c(CN3CCN(Cc4ccsc4)CC3)c2c1. The smallest absolute Gasteiger partial charge is 0.120 e. The van der Waals surface area contributed by atoms with E-state index in [2.05, 4.69) is 32.7 Å². The van der Waals surface area contributed by atoms with Crippen LogP contribution in [-0.2, 0) is 13.1 Å². The molecule has 4 nitrogen and oxygen atoms in total. The summed E-state index contributed by atoms with van der Waals surface area (Å²) in [5.41, 5.74) is 2.40. The third kappa shape index (κ3) is 3.70. The minimum absolute atomic E-state index is 0.367. The highest BCUT2D eigenvalue weighted by Crippen LogP contribution is 2.31. The Kier molecular flexibility index (Phi) is 5.11. The molecule has 2 aromatic carbocycles. The van der Waals surface area contributed by atoms with Crippen LogP contribution in [0.1, 0.15) is 11.1 Å². The first kappa shape index (κ1) is 17.3. The van der Waals surface area contributed by atoms with Gasteiger partial charge in [-0.1, -0.05) is 12.1 Å². The molecule has 0 spiro atoms. The lowest BCUT2D eigenvalue weighted by atomic mass is 10.0. The van der Waals surface area contributed by atoms with Gasteiger partial charge in [-0.15, -0.1) is 0 Å². The summed E-state index contributed by atoms with van der Waals surface area (Å²) >= 11 is 1.76. The van der Waals surface area contributed by atoms with Gasteiger partial charge in [-0.3, -0.25) is 9.80 Å². The summed E-state index contributed by atoms with van der Waals surface area (Å²) in [5, 5.41) is 17.0. The van der Waals surface area contributed by atoms with E-state index in [0.717, 1.165) is 61.4 Å². The van der Waals surface area contributed by atoms with E-state index in [1.165, 1.54) is 5.56 Å². The summed E-state index contributed by atoms with van der Waals surface area (Å²) in [4.78, 5) is 4.93. The predicted molar refractivity (Wildman–Crippen MR) is 107 cm³/mol. The number of phenolic OH excluding ortho intramolecular Hbond substituents is 1. The van der Waals surface area contributed by atoms with Crippen molar-refractivity contribution in [3.63, 3.8) is 0 Å². The Balaban J connectivity index is 1.47. The quantitative estimate of drug-likeness (QED) is 0.740. The van der Waals surface area contributed by atoms with Crippen LogP contribution in [0.5, 0.6) is 11.5 Å². The van der Waals surface area contributed by atoms with Crippen LogP contribution in [0, 0.1) is 0 Å².